The van der Waals surface area contributed by atoms with E-state index in [2.05, 4.69) is 159 Å². The first-order chi connectivity index (χ1) is 42.8. The summed E-state index contributed by atoms with van der Waals surface area (Å²) in [5.74, 6) is 0. The summed E-state index contributed by atoms with van der Waals surface area (Å²) in [5, 5.41) is 13.3. The van der Waals surface area contributed by atoms with Crippen LogP contribution in [0.5, 0.6) is 0 Å². The van der Waals surface area contributed by atoms with E-state index in [0.717, 1.165) is 130 Å². The van der Waals surface area contributed by atoms with Crippen molar-refractivity contribution in [2.24, 2.45) is 0 Å². The topological polar surface area (TPSA) is 66.0 Å². The molecule has 0 spiro atoms. The normalized spacial score (nSPS) is 12.3. The standard InChI is InChI=1S/C78H54N3O3P3/c82-85(58-25-7-1-8-26-58,59-27-9-2-10-28-59)64-49-43-55(44-50-64)79-70-40-22-19-37-67(70)73-76(79)74-68-38-20-23-41-71(68)80(56-45-51-65(52-46-56)86(83,60-29-11-3-12-30-60)61-31-13-4-14-32-61)78(74)75-69-39-21-24-42-72(69)81(77(73)75)57-47-53-66(54-48-57)87(84,62-33-15-5-16-34-62)63-35-17-6-18-36-63/h1-54H. The minimum atomic E-state index is -3.31. The Balaban J connectivity index is 1.01. The second-order valence-corrected chi connectivity index (χ2v) is 30.4. The molecule has 0 fully saturated rings. The van der Waals surface area contributed by atoms with Crippen LogP contribution in [0.1, 0.15) is 0 Å². The van der Waals surface area contributed by atoms with E-state index < -0.39 is 21.4 Å². The Hall–Kier alpha value is -10.1. The summed E-state index contributed by atoms with van der Waals surface area (Å²) in [4.78, 5) is 0. The number of aromatic nitrogens is 3. The molecule has 6 nitrogen and oxygen atoms in total. The Kier molecular flexibility index (Phi) is 12.6. The second kappa shape index (κ2) is 20.9. The van der Waals surface area contributed by atoms with Crippen molar-refractivity contribution in [2.45, 2.75) is 0 Å². The van der Waals surface area contributed by atoms with Gasteiger partial charge in [-0.1, -0.05) is 237 Å². The lowest BCUT2D eigenvalue weighted by Gasteiger charge is -2.21. The van der Waals surface area contributed by atoms with Crippen LogP contribution in [0.25, 0.3) is 82.5 Å². The highest BCUT2D eigenvalue weighted by Crippen LogP contribution is 2.52. The van der Waals surface area contributed by atoms with Gasteiger partial charge in [0.15, 0.2) is 21.4 Å². The van der Waals surface area contributed by atoms with E-state index in [0.29, 0.717) is 0 Å². The lowest BCUT2D eigenvalue weighted by molar-refractivity contribution is 0.591. The van der Waals surface area contributed by atoms with Gasteiger partial charge in [0.05, 0.1) is 33.1 Å². The SMILES string of the molecule is O=P(c1ccccc1)(c1ccccc1)c1ccc(-n2c3ccccc3c3c2c2c4ccccc4n(-c4ccc(P(=O)(c5ccccc5)c5ccccc5)cc4)c2c2c4ccccc4n(-c4ccc(P(=O)(c5ccccc5)c5ccccc5)cc4)c32)cc1. The van der Waals surface area contributed by atoms with Crippen LogP contribution in [-0.4, -0.2) is 13.7 Å². The maximum Gasteiger partial charge on any atom is 0.171 e. The molecule has 0 aliphatic heterocycles. The summed E-state index contributed by atoms with van der Waals surface area (Å²) in [7, 11) is -9.94. The molecular weight excluding hydrogens is 1120 g/mol. The zero-order valence-electron chi connectivity index (χ0n) is 47.1. The monoisotopic (exact) mass is 1170 g/mol. The van der Waals surface area contributed by atoms with Crippen molar-refractivity contribution < 1.29 is 13.7 Å². The van der Waals surface area contributed by atoms with Crippen molar-refractivity contribution in [2.75, 3.05) is 0 Å². The lowest BCUT2D eigenvalue weighted by Crippen LogP contribution is -2.25. The average molecular weight is 1170 g/mol. The number of fused-ring (bicyclic) bond motifs is 12. The van der Waals surface area contributed by atoms with Crippen LogP contribution in [0.4, 0.5) is 0 Å². The van der Waals surface area contributed by atoms with Gasteiger partial charge in [0.1, 0.15) is 0 Å². The minimum absolute atomic E-state index is 0.744. The predicted molar refractivity (Wildman–Crippen MR) is 368 cm³/mol. The smallest absolute Gasteiger partial charge is 0.171 e. The van der Waals surface area contributed by atoms with Gasteiger partial charge in [0, 0.05) is 97.1 Å². The van der Waals surface area contributed by atoms with Crippen LogP contribution >= 0.6 is 21.4 Å². The molecule has 0 saturated carbocycles. The van der Waals surface area contributed by atoms with E-state index in [9.17, 15) is 0 Å². The Morgan fingerprint density at radius 1 is 0.184 bits per heavy atom. The molecule has 0 amide bonds. The maximum absolute atomic E-state index is 15.9. The Bertz CT molecular complexity index is 4730. The zero-order valence-corrected chi connectivity index (χ0v) is 49.8. The number of para-hydroxylation sites is 3. The van der Waals surface area contributed by atoms with Crippen molar-refractivity contribution in [3.63, 3.8) is 0 Å². The molecule has 3 heterocycles. The average Bonchev–Trinajstić information content (AvgIpc) is 1.53. The fourth-order valence-corrected chi connectivity index (χ4v) is 21.5. The molecule has 0 aliphatic rings. The predicted octanol–water partition coefficient (Wildman–Crippen LogP) is 15.9. The fourth-order valence-electron chi connectivity index (χ4n) is 13.6. The van der Waals surface area contributed by atoms with Gasteiger partial charge >= 0.3 is 0 Å². The van der Waals surface area contributed by atoms with E-state index >= 15 is 13.7 Å². The maximum atomic E-state index is 15.9. The van der Waals surface area contributed by atoms with Crippen LogP contribution in [0.15, 0.2) is 328 Å². The third-order valence-electron chi connectivity index (χ3n) is 17.5. The third-order valence-corrected chi connectivity index (χ3v) is 26.7. The quantitative estimate of drug-likeness (QED) is 0.115. The number of benzene rings is 13. The van der Waals surface area contributed by atoms with Gasteiger partial charge in [0.25, 0.3) is 0 Å². The van der Waals surface area contributed by atoms with Gasteiger partial charge in [-0.15, -0.1) is 0 Å². The number of hydrogen-bond acceptors (Lipinski definition) is 3. The molecule has 0 saturated heterocycles. The molecule has 0 unspecified atom stereocenters. The number of nitrogens with zero attached hydrogens (tertiary/aromatic N) is 3. The molecule has 9 heteroatoms. The van der Waals surface area contributed by atoms with E-state index in [-0.39, 0.29) is 0 Å². The molecule has 0 radical (unpaired) electrons. The fraction of sp³-hybridized carbons (Fsp3) is 0. The molecule has 0 bridgehead atoms. The van der Waals surface area contributed by atoms with Gasteiger partial charge in [-0.2, -0.15) is 0 Å². The van der Waals surface area contributed by atoms with Crippen molar-refractivity contribution in [1.82, 2.24) is 13.7 Å². The van der Waals surface area contributed by atoms with E-state index in [4.69, 9.17) is 0 Å². The minimum Gasteiger partial charge on any atom is -0.309 e. The van der Waals surface area contributed by atoms with Gasteiger partial charge < -0.3 is 27.4 Å². The highest BCUT2D eigenvalue weighted by Gasteiger charge is 2.34. The summed E-state index contributed by atoms with van der Waals surface area (Å²) in [6.45, 7) is 0. The van der Waals surface area contributed by atoms with Gasteiger partial charge in [-0.3, -0.25) is 0 Å². The summed E-state index contributed by atoms with van der Waals surface area (Å²) < 4.78 is 54.9. The van der Waals surface area contributed by atoms with Crippen molar-refractivity contribution in [3.05, 3.63) is 328 Å². The molecule has 87 heavy (non-hydrogen) atoms. The van der Waals surface area contributed by atoms with E-state index in [1.165, 1.54) is 0 Å². The van der Waals surface area contributed by atoms with Crippen molar-refractivity contribution >= 4 is 135 Å². The molecule has 3 aromatic heterocycles. The molecule has 13 aromatic carbocycles. The largest absolute Gasteiger partial charge is 0.309 e. The summed E-state index contributed by atoms with van der Waals surface area (Å²) in [6, 6.07) is 110. The van der Waals surface area contributed by atoms with Crippen LogP contribution in [0.3, 0.4) is 0 Å². The molecule has 16 rings (SSSR count). The summed E-state index contributed by atoms with van der Waals surface area (Å²) >= 11 is 0. The molecule has 0 aliphatic carbocycles. The van der Waals surface area contributed by atoms with Crippen molar-refractivity contribution in [1.29, 1.82) is 0 Å². The summed E-state index contributed by atoms with van der Waals surface area (Å²) in [5.41, 5.74) is 8.85. The van der Waals surface area contributed by atoms with Crippen LogP contribution in [0, 0.1) is 0 Å². The molecule has 414 valence electrons. The first kappa shape index (κ1) is 52.5. The summed E-state index contributed by atoms with van der Waals surface area (Å²) in [6.07, 6.45) is 0. The first-order valence-corrected chi connectivity index (χ1v) is 34.4. The Morgan fingerprint density at radius 2 is 0.356 bits per heavy atom. The second-order valence-electron chi connectivity index (χ2n) is 22.1. The first-order valence-electron chi connectivity index (χ1n) is 29.2. The number of rotatable bonds is 12. The number of hydrogen-bond donors (Lipinski definition) is 0. The van der Waals surface area contributed by atoms with E-state index in [1.54, 1.807) is 0 Å². The molecular formula is C78H54N3O3P3. The van der Waals surface area contributed by atoms with Gasteiger partial charge in [-0.25, -0.2) is 0 Å². The van der Waals surface area contributed by atoms with Crippen molar-refractivity contribution in [3.8, 4) is 17.1 Å². The molecule has 0 atom stereocenters. The Morgan fingerprint density at radius 3 is 0.563 bits per heavy atom. The third kappa shape index (κ3) is 8.06. The van der Waals surface area contributed by atoms with Crippen LogP contribution < -0.4 is 47.7 Å². The van der Waals surface area contributed by atoms with E-state index in [1.807, 2.05) is 182 Å². The highest BCUT2D eigenvalue weighted by atomic mass is 31.2. The van der Waals surface area contributed by atoms with Crippen LogP contribution in [0.2, 0.25) is 0 Å². The van der Waals surface area contributed by atoms with Gasteiger partial charge in [0.2, 0.25) is 0 Å². The molecule has 16 aromatic rings. The Labute approximate surface area is 503 Å². The zero-order chi connectivity index (χ0) is 58.3. The highest BCUT2D eigenvalue weighted by molar-refractivity contribution is 7.86. The van der Waals surface area contributed by atoms with Gasteiger partial charge in [-0.05, 0) is 91.0 Å². The van der Waals surface area contributed by atoms with Crippen LogP contribution in [-0.2, 0) is 13.7 Å². The molecule has 0 N–H and O–H groups in total. The lowest BCUT2D eigenvalue weighted by atomic mass is 10.0.